The van der Waals surface area contributed by atoms with Crippen molar-refractivity contribution in [2.45, 2.75) is 17.3 Å². The maximum Gasteiger partial charge on any atom is 0.191 e. The summed E-state index contributed by atoms with van der Waals surface area (Å²) in [7, 11) is 1.82. The van der Waals surface area contributed by atoms with E-state index in [0.29, 0.717) is 21.6 Å². The van der Waals surface area contributed by atoms with Gasteiger partial charge in [0.15, 0.2) is 11.0 Å². The zero-order valence-corrected chi connectivity index (χ0v) is 14.6. The highest BCUT2D eigenvalue weighted by molar-refractivity contribution is 7.99. The molecule has 2 aromatic carbocycles. The van der Waals surface area contributed by atoms with Gasteiger partial charge in [0.25, 0.3) is 0 Å². The minimum atomic E-state index is -0.464. The SMILES string of the molecule is CC(Sc1nnc(-c2ccccc2Cl)n1C)c1cc(F)ccc1F. The van der Waals surface area contributed by atoms with Crippen LogP contribution in [0.3, 0.4) is 0 Å². The van der Waals surface area contributed by atoms with Crippen LogP contribution in [0, 0.1) is 11.6 Å². The van der Waals surface area contributed by atoms with Gasteiger partial charge in [-0.3, -0.25) is 0 Å². The molecule has 0 aliphatic carbocycles. The van der Waals surface area contributed by atoms with E-state index in [2.05, 4.69) is 10.2 Å². The molecule has 24 heavy (non-hydrogen) atoms. The number of nitrogens with zero attached hydrogens (tertiary/aromatic N) is 3. The van der Waals surface area contributed by atoms with Gasteiger partial charge >= 0.3 is 0 Å². The Balaban J connectivity index is 1.89. The molecule has 3 rings (SSSR count). The maximum absolute atomic E-state index is 13.9. The van der Waals surface area contributed by atoms with E-state index in [0.717, 1.165) is 17.7 Å². The second-order valence-corrected chi connectivity index (χ2v) is 6.99. The average Bonchev–Trinajstić information content (AvgIpc) is 2.91. The van der Waals surface area contributed by atoms with Crippen molar-refractivity contribution in [3.8, 4) is 11.4 Å². The molecule has 7 heteroatoms. The molecule has 1 unspecified atom stereocenters. The molecular formula is C17H14ClF2N3S. The lowest BCUT2D eigenvalue weighted by Crippen LogP contribution is -1.99. The number of benzene rings is 2. The van der Waals surface area contributed by atoms with Gasteiger partial charge in [0.1, 0.15) is 11.6 Å². The van der Waals surface area contributed by atoms with Crippen molar-refractivity contribution >= 4 is 23.4 Å². The van der Waals surface area contributed by atoms with Crippen molar-refractivity contribution in [2.75, 3.05) is 0 Å². The first-order chi connectivity index (χ1) is 11.5. The Morgan fingerprint density at radius 3 is 2.62 bits per heavy atom. The van der Waals surface area contributed by atoms with Crippen molar-refractivity contribution in [1.29, 1.82) is 0 Å². The molecule has 1 atom stereocenters. The van der Waals surface area contributed by atoms with Gasteiger partial charge in [-0.05, 0) is 37.3 Å². The van der Waals surface area contributed by atoms with Crippen LogP contribution in [0.2, 0.25) is 5.02 Å². The minimum Gasteiger partial charge on any atom is -0.305 e. The summed E-state index contributed by atoms with van der Waals surface area (Å²) in [5.74, 6) is -0.284. The van der Waals surface area contributed by atoms with Crippen LogP contribution >= 0.6 is 23.4 Å². The van der Waals surface area contributed by atoms with Gasteiger partial charge in [-0.25, -0.2) is 8.78 Å². The fourth-order valence-corrected chi connectivity index (χ4v) is 3.52. The molecule has 0 saturated heterocycles. The van der Waals surface area contributed by atoms with E-state index in [1.807, 2.05) is 25.2 Å². The van der Waals surface area contributed by atoms with Crippen LogP contribution in [0.1, 0.15) is 17.7 Å². The number of thioether (sulfide) groups is 1. The maximum atomic E-state index is 13.9. The van der Waals surface area contributed by atoms with Crippen LogP contribution in [0.25, 0.3) is 11.4 Å². The van der Waals surface area contributed by atoms with Crippen LogP contribution in [-0.4, -0.2) is 14.8 Å². The highest BCUT2D eigenvalue weighted by Crippen LogP contribution is 2.37. The minimum absolute atomic E-state index is 0.294. The summed E-state index contributed by atoms with van der Waals surface area (Å²) in [6.07, 6.45) is 0. The molecule has 1 heterocycles. The van der Waals surface area contributed by atoms with Gasteiger partial charge in [-0.15, -0.1) is 10.2 Å². The quantitative estimate of drug-likeness (QED) is 0.590. The summed E-state index contributed by atoms with van der Waals surface area (Å²) in [6, 6.07) is 10.8. The Morgan fingerprint density at radius 2 is 1.88 bits per heavy atom. The Morgan fingerprint density at radius 1 is 1.12 bits per heavy atom. The van der Waals surface area contributed by atoms with Crippen molar-refractivity contribution in [3.05, 3.63) is 64.7 Å². The molecule has 3 nitrogen and oxygen atoms in total. The first kappa shape index (κ1) is 16.9. The molecule has 0 bridgehead atoms. The number of halogens is 3. The van der Waals surface area contributed by atoms with Gasteiger partial charge in [0.05, 0.1) is 5.02 Å². The zero-order valence-electron chi connectivity index (χ0n) is 13.0. The van der Waals surface area contributed by atoms with E-state index in [-0.39, 0.29) is 5.25 Å². The molecule has 0 saturated carbocycles. The van der Waals surface area contributed by atoms with E-state index in [1.54, 1.807) is 17.6 Å². The molecule has 0 fully saturated rings. The van der Waals surface area contributed by atoms with Gasteiger partial charge in [0, 0.05) is 23.4 Å². The lowest BCUT2D eigenvalue weighted by Gasteiger charge is -2.12. The molecule has 1 aromatic heterocycles. The second kappa shape index (κ2) is 6.91. The molecule has 0 N–H and O–H groups in total. The zero-order chi connectivity index (χ0) is 17.3. The summed E-state index contributed by atoms with van der Waals surface area (Å²) >= 11 is 7.51. The van der Waals surface area contributed by atoms with Crippen molar-refractivity contribution in [3.63, 3.8) is 0 Å². The number of hydrogen-bond donors (Lipinski definition) is 0. The first-order valence-electron chi connectivity index (χ1n) is 7.23. The third-order valence-corrected chi connectivity index (χ3v) is 5.13. The van der Waals surface area contributed by atoms with Crippen LogP contribution in [0.15, 0.2) is 47.6 Å². The van der Waals surface area contributed by atoms with Crippen LogP contribution < -0.4 is 0 Å². The molecule has 3 aromatic rings. The Labute approximate surface area is 147 Å². The molecule has 0 amide bonds. The lowest BCUT2D eigenvalue weighted by molar-refractivity contribution is 0.586. The monoisotopic (exact) mass is 365 g/mol. The number of aromatic nitrogens is 3. The van der Waals surface area contributed by atoms with Gasteiger partial charge in [-0.2, -0.15) is 0 Å². The fraction of sp³-hybridized carbons (Fsp3) is 0.176. The summed E-state index contributed by atoms with van der Waals surface area (Å²) in [5.41, 5.74) is 1.06. The van der Waals surface area contributed by atoms with E-state index in [4.69, 9.17) is 11.6 Å². The highest BCUT2D eigenvalue weighted by Gasteiger charge is 2.19. The van der Waals surface area contributed by atoms with E-state index in [1.165, 1.54) is 17.8 Å². The fourth-order valence-electron chi connectivity index (χ4n) is 2.34. The molecular weight excluding hydrogens is 352 g/mol. The standard InChI is InChI=1S/C17H14ClF2N3S/c1-10(13-9-11(19)7-8-15(13)20)24-17-22-21-16(23(17)2)12-5-3-4-6-14(12)18/h3-10H,1-2H3. The van der Waals surface area contributed by atoms with Crippen molar-refractivity contribution in [1.82, 2.24) is 14.8 Å². The third kappa shape index (κ3) is 3.30. The van der Waals surface area contributed by atoms with E-state index < -0.39 is 11.6 Å². The van der Waals surface area contributed by atoms with Gasteiger partial charge in [-0.1, -0.05) is 35.5 Å². The summed E-state index contributed by atoms with van der Waals surface area (Å²) in [5, 5.41) is 9.18. The number of rotatable bonds is 4. The topological polar surface area (TPSA) is 30.7 Å². The van der Waals surface area contributed by atoms with E-state index in [9.17, 15) is 8.78 Å². The van der Waals surface area contributed by atoms with Crippen LogP contribution in [-0.2, 0) is 7.05 Å². The third-order valence-electron chi connectivity index (χ3n) is 3.63. The van der Waals surface area contributed by atoms with Crippen LogP contribution in [0.5, 0.6) is 0 Å². The summed E-state index contributed by atoms with van der Waals surface area (Å²) in [6.45, 7) is 1.80. The predicted octanol–water partition coefficient (Wildman–Crippen LogP) is 5.27. The predicted molar refractivity (Wildman–Crippen MR) is 92.1 cm³/mol. The molecule has 0 aliphatic heterocycles. The molecule has 0 spiro atoms. The molecule has 0 radical (unpaired) electrons. The Kier molecular flexibility index (Phi) is 4.87. The average molecular weight is 366 g/mol. The molecule has 124 valence electrons. The Bertz CT molecular complexity index is 882. The number of hydrogen-bond acceptors (Lipinski definition) is 3. The van der Waals surface area contributed by atoms with Crippen LogP contribution in [0.4, 0.5) is 8.78 Å². The summed E-state index contributed by atoms with van der Waals surface area (Å²) in [4.78, 5) is 0. The van der Waals surface area contributed by atoms with Crippen molar-refractivity contribution in [2.24, 2.45) is 7.05 Å². The Hall–Kier alpha value is -1.92. The molecule has 0 aliphatic rings. The lowest BCUT2D eigenvalue weighted by atomic mass is 10.1. The second-order valence-electron chi connectivity index (χ2n) is 5.27. The van der Waals surface area contributed by atoms with E-state index >= 15 is 0 Å². The highest BCUT2D eigenvalue weighted by atomic mass is 35.5. The van der Waals surface area contributed by atoms with Crippen molar-refractivity contribution < 1.29 is 8.78 Å². The summed E-state index contributed by atoms with van der Waals surface area (Å²) < 4.78 is 29.1. The normalized spacial score (nSPS) is 12.4. The first-order valence-corrected chi connectivity index (χ1v) is 8.49. The smallest absolute Gasteiger partial charge is 0.191 e. The van der Waals surface area contributed by atoms with Gasteiger partial charge < -0.3 is 4.57 Å². The van der Waals surface area contributed by atoms with Gasteiger partial charge in [0.2, 0.25) is 0 Å². The largest absolute Gasteiger partial charge is 0.305 e.